The van der Waals surface area contributed by atoms with Crippen LogP contribution in [0.5, 0.6) is 0 Å². The van der Waals surface area contributed by atoms with Gasteiger partial charge < -0.3 is 15.0 Å². The van der Waals surface area contributed by atoms with Gasteiger partial charge in [0.05, 0.1) is 23.2 Å². The van der Waals surface area contributed by atoms with E-state index >= 15 is 0 Å². The van der Waals surface area contributed by atoms with E-state index in [1.54, 1.807) is 45.3 Å². The van der Waals surface area contributed by atoms with Crippen LogP contribution >= 0.6 is 11.8 Å². The summed E-state index contributed by atoms with van der Waals surface area (Å²) in [5.41, 5.74) is 1.99. The van der Waals surface area contributed by atoms with Gasteiger partial charge >= 0.3 is 5.97 Å². The highest BCUT2D eigenvalue weighted by atomic mass is 32.2. The molecule has 0 saturated carbocycles. The Bertz CT molecular complexity index is 970. The predicted octanol–water partition coefficient (Wildman–Crippen LogP) is 3.84. The molecule has 0 unspecified atom stereocenters. The van der Waals surface area contributed by atoms with Crippen LogP contribution in [0.2, 0.25) is 0 Å². The number of anilines is 1. The molecule has 0 saturated heterocycles. The fourth-order valence-electron chi connectivity index (χ4n) is 3.25. The summed E-state index contributed by atoms with van der Waals surface area (Å²) in [5, 5.41) is 3.73. The van der Waals surface area contributed by atoms with Gasteiger partial charge in [-0.2, -0.15) is 0 Å². The van der Waals surface area contributed by atoms with Gasteiger partial charge in [0.15, 0.2) is 5.16 Å². The number of H-pyrrole nitrogens is 1. The largest absolute Gasteiger partial charge is 0.460 e. The number of thioether (sulfide) groups is 1. The summed E-state index contributed by atoms with van der Waals surface area (Å²) in [5.74, 6) is 0.338. The van der Waals surface area contributed by atoms with E-state index in [0.29, 0.717) is 27.8 Å². The molecule has 154 valence electrons. The molecule has 1 aliphatic heterocycles. The summed E-state index contributed by atoms with van der Waals surface area (Å²) in [4.78, 5) is 37.5. The first-order valence-corrected chi connectivity index (χ1v) is 10.8. The summed E-state index contributed by atoms with van der Waals surface area (Å²) >= 11 is 1.52. The molecule has 0 spiro atoms. The Morgan fingerprint density at radius 3 is 2.69 bits per heavy atom. The summed E-state index contributed by atoms with van der Waals surface area (Å²) < 4.78 is 5.47. The molecule has 2 N–H and O–H groups in total. The molecule has 2 aromatic rings. The maximum Gasteiger partial charge on any atom is 0.337 e. The lowest BCUT2D eigenvalue weighted by atomic mass is 9.83. The fourth-order valence-corrected chi connectivity index (χ4v) is 4.20. The average molecular weight is 415 g/mol. The third-order valence-corrected chi connectivity index (χ3v) is 5.52. The second-order valence-corrected chi connectivity index (χ2v) is 8.25. The molecular formula is C21H26N4O3S. The van der Waals surface area contributed by atoms with Gasteiger partial charge in [0.2, 0.25) is 0 Å². The number of fused-ring (bicyclic) bond motifs is 1. The molecule has 7 nitrogen and oxygen atoms in total. The van der Waals surface area contributed by atoms with Crippen LogP contribution in [0.15, 0.2) is 45.7 Å². The monoisotopic (exact) mass is 414 g/mol. The van der Waals surface area contributed by atoms with E-state index in [4.69, 9.17) is 4.74 Å². The van der Waals surface area contributed by atoms with Crippen LogP contribution in [0, 0.1) is 0 Å². The minimum absolute atomic E-state index is 0.259. The van der Waals surface area contributed by atoms with Crippen LogP contribution in [0.4, 0.5) is 5.82 Å². The van der Waals surface area contributed by atoms with E-state index in [1.807, 2.05) is 0 Å². The number of nitrogens with one attached hydrogen (secondary N) is 2. The van der Waals surface area contributed by atoms with E-state index in [0.717, 1.165) is 24.2 Å². The van der Waals surface area contributed by atoms with Crippen molar-refractivity contribution in [1.29, 1.82) is 0 Å². The molecule has 2 aromatic heterocycles. The number of allylic oxidation sites excluding steroid dienone is 1. The van der Waals surface area contributed by atoms with Crippen molar-refractivity contribution in [2.24, 2.45) is 0 Å². The number of hydrogen-bond acceptors (Lipinski definition) is 7. The first-order chi connectivity index (χ1) is 13.9. The molecule has 0 radical (unpaired) electrons. The number of carbonyl (C=O) groups excluding carboxylic acids is 1. The lowest BCUT2D eigenvalue weighted by Gasteiger charge is -2.29. The quantitative estimate of drug-likeness (QED) is 0.307. The number of rotatable bonds is 7. The van der Waals surface area contributed by atoms with Gasteiger partial charge in [-0.15, -0.1) is 0 Å². The van der Waals surface area contributed by atoms with Crippen molar-refractivity contribution in [3.63, 3.8) is 0 Å². The van der Waals surface area contributed by atoms with Gasteiger partial charge in [-0.25, -0.2) is 9.78 Å². The molecule has 0 amide bonds. The highest BCUT2D eigenvalue weighted by Crippen LogP contribution is 2.40. The Kier molecular flexibility index (Phi) is 6.74. The zero-order chi connectivity index (χ0) is 21.0. The highest BCUT2D eigenvalue weighted by molar-refractivity contribution is 7.99. The normalized spacial score (nSPS) is 15.8. The molecule has 0 aromatic carbocycles. The molecule has 1 aliphatic rings. The summed E-state index contributed by atoms with van der Waals surface area (Å²) in [6, 6.07) is 3.61. The van der Waals surface area contributed by atoms with Crippen LogP contribution < -0.4 is 10.9 Å². The van der Waals surface area contributed by atoms with Crippen molar-refractivity contribution < 1.29 is 9.53 Å². The van der Waals surface area contributed by atoms with Gasteiger partial charge in [0.25, 0.3) is 5.56 Å². The maximum absolute atomic E-state index is 13.1. The number of esters is 1. The number of pyridine rings is 1. The minimum Gasteiger partial charge on any atom is -0.460 e. The number of hydrogen-bond donors (Lipinski definition) is 2. The van der Waals surface area contributed by atoms with Crippen molar-refractivity contribution in [3.05, 3.63) is 57.3 Å². The Balaban J connectivity index is 2.11. The number of aromatic nitrogens is 3. The van der Waals surface area contributed by atoms with E-state index < -0.39 is 11.9 Å². The van der Waals surface area contributed by atoms with Gasteiger partial charge in [0.1, 0.15) is 5.82 Å². The standard InChI is InChI=1S/C21H26N4O3S/c1-5-6-11-29-21-24-18-17(19(26)25-21)16(14-7-9-22-10-8-14)15(13(4)23-18)20(27)28-12(2)3/h7-10,12,16H,5-6,11H2,1-4H3,(H2,23,24,25,26)/t16-/m1/s1. The first-order valence-electron chi connectivity index (χ1n) is 9.78. The molecule has 3 rings (SSSR count). The second-order valence-electron chi connectivity index (χ2n) is 7.17. The van der Waals surface area contributed by atoms with E-state index in [9.17, 15) is 9.59 Å². The van der Waals surface area contributed by atoms with E-state index in [-0.39, 0.29) is 11.7 Å². The first kappa shape index (κ1) is 21.1. The van der Waals surface area contributed by atoms with Crippen LogP contribution in [-0.4, -0.2) is 32.8 Å². The molecule has 29 heavy (non-hydrogen) atoms. The SMILES string of the molecule is CCCCSc1nc2c(c(=O)[nH]1)[C@H](c1ccncc1)C(C(=O)OC(C)C)=C(C)N2. The van der Waals surface area contributed by atoms with Gasteiger partial charge in [-0.1, -0.05) is 25.1 Å². The number of aromatic amines is 1. The summed E-state index contributed by atoms with van der Waals surface area (Å²) in [6.07, 6.45) is 5.15. The Labute approximate surface area is 174 Å². The molecule has 0 bridgehead atoms. The Hall–Kier alpha value is -2.61. The van der Waals surface area contributed by atoms with Gasteiger partial charge in [0, 0.05) is 23.8 Å². The van der Waals surface area contributed by atoms with Gasteiger partial charge in [-0.05, 0) is 44.9 Å². The third kappa shape index (κ3) is 4.70. The molecule has 0 fully saturated rings. The van der Waals surface area contributed by atoms with Crippen LogP contribution in [-0.2, 0) is 9.53 Å². The van der Waals surface area contributed by atoms with Crippen molar-refractivity contribution in [3.8, 4) is 0 Å². The van der Waals surface area contributed by atoms with Crippen molar-refractivity contribution in [1.82, 2.24) is 15.0 Å². The van der Waals surface area contributed by atoms with E-state index in [1.165, 1.54) is 11.8 Å². The van der Waals surface area contributed by atoms with Crippen molar-refractivity contribution in [2.75, 3.05) is 11.1 Å². The number of unbranched alkanes of at least 4 members (excludes halogenated alkanes) is 1. The van der Waals surface area contributed by atoms with Crippen molar-refractivity contribution in [2.45, 2.75) is 57.7 Å². The molecular weight excluding hydrogens is 388 g/mol. The number of ether oxygens (including phenoxy) is 1. The molecule has 0 aliphatic carbocycles. The third-order valence-electron chi connectivity index (χ3n) is 4.56. The number of nitrogens with zero attached hydrogens (tertiary/aromatic N) is 2. The lowest BCUT2D eigenvalue weighted by molar-refractivity contribution is -0.143. The highest BCUT2D eigenvalue weighted by Gasteiger charge is 2.36. The summed E-state index contributed by atoms with van der Waals surface area (Å²) in [7, 11) is 0. The number of carbonyl (C=O) groups is 1. The summed E-state index contributed by atoms with van der Waals surface area (Å²) in [6.45, 7) is 7.53. The minimum atomic E-state index is -0.577. The van der Waals surface area contributed by atoms with Crippen LogP contribution in [0.25, 0.3) is 0 Å². The smallest absolute Gasteiger partial charge is 0.337 e. The van der Waals surface area contributed by atoms with Crippen molar-refractivity contribution >= 4 is 23.5 Å². The van der Waals surface area contributed by atoms with Gasteiger partial charge in [-0.3, -0.25) is 9.78 Å². The van der Waals surface area contributed by atoms with E-state index in [2.05, 4.69) is 27.2 Å². The maximum atomic E-state index is 13.1. The predicted molar refractivity (Wildman–Crippen MR) is 114 cm³/mol. The van der Waals surface area contributed by atoms with Crippen LogP contribution in [0.1, 0.15) is 57.6 Å². The van der Waals surface area contributed by atoms with Crippen LogP contribution in [0.3, 0.4) is 0 Å². The molecule has 3 heterocycles. The fraction of sp³-hybridized carbons (Fsp3) is 0.429. The Morgan fingerprint density at radius 1 is 1.31 bits per heavy atom. The lowest BCUT2D eigenvalue weighted by Crippen LogP contribution is -2.31. The topological polar surface area (TPSA) is 97.0 Å². The second kappa shape index (κ2) is 9.26. The zero-order valence-corrected chi connectivity index (χ0v) is 17.9. The zero-order valence-electron chi connectivity index (χ0n) is 17.1. The molecule has 1 atom stereocenters. The average Bonchev–Trinajstić information content (AvgIpc) is 2.67. The molecule has 8 heteroatoms. The Morgan fingerprint density at radius 2 is 2.03 bits per heavy atom.